The second-order valence-corrected chi connectivity index (χ2v) is 8.92. The fourth-order valence-corrected chi connectivity index (χ4v) is 4.57. The molecule has 0 aromatic heterocycles. The summed E-state index contributed by atoms with van der Waals surface area (Å²) < 4.78 is 6.21. The maximum Gasteiger partial charge on any atom is 0.254 e. The number of carbonyl (C=O) groups excluding carboxylic acids is 2. The third kappa shape index (κ3) is 3.52. The van der Waals surface area contributed by atoms with Crippen LogP contribution in [0.25, 0.3) is 0 Å². The Balaban J connectivity index is 1.24. The normalized spacial score (nSPS) is 25.8. The Morgan fingerprint density at radius 2 is 1.97 bits per heavy atom. The minimum absolute atomic E-state index is 0.0659. The van der Waals surface area contributed by atoms with Gasteiger partial charge in [0, 0.05) is 31.7 Å². The molecule has 1 aromatic carbocycles. The van der Waals surface area contributed by atoms with E-state index in [4.69, 9.17) is 10.00 Å². The highest BCUT2D eigenvalue weighted by atomic mass is 16.5. The minimum Gasteiger partial charge on any atom is -0.368 e. The number of amides is 2. The van der Waals surface area contributed by atoms with Crippen molar-refractivity contribution >= 4 is 11.8 Å². The van der Waals surface area contributed by atoms with Gasteiger partial charge in [0.05, 0.1) is 31.3 Å². The van der Waals surface area contributed by atoms with E-state index in [0.717, 1.165) is 26.1 Å². The Labute approximate surface area is 170 Å². The number of morpholine rings is 1. The quantitative estimate of drug-likeness (QED) is 0.764. The fourth-order valence-electron chi connectivity index (χ4n) is 4.57. The zero-order valence-corrected chi connectivity index (χ0v) is 16.5. The van der Waals surface area contributed by atoms with Crippen LogP contribution in [0.4, 0.5) is 0 Å². The molecule has 1 saturated carbocycles. The van der Waals surface area contributed by atoms with Crippen molar-refractivity contribution in [1.82, 2.24) is 14.7 Å². The molecule has 0 unspecified atom stereocenters. The second kappa shape index (κ2) is 7.12. The fraction of sp³-hybridized carbons (Fsp3) is 0.591. The summed E-state index contributed by atoms with van der Waals surface area (Å²) in [6, 6.07) is 8.72. The molecule has 3 heterocycles. The van der Waals surface area contributed by atoms with Crippen molar-refractivity contribution in [2.75, 3.05) is 45.9 Å². The summed E-state index contributed by atoms with van der Waals surface area (Å²) in [6.45, 7) is 4.86. The van der Waals surface area contributed by atoms with E-state index in [1.807, 2.05) is 4.90 Å². The number of benzene rings is 1. The van der Waals surface area contributed by atoms with Gasteiger partial charge in [0.2, 0.25) is 5.91 Å². The molecule has 3 aliphatic heterocycles. The number of carbonyl (C=O) groups is 2. The molecule has 4 fully saturated rings. The first kappa shape index (κ1) is 18.6. The van der Waals surface area contributed by atoms with Crippen LogP contribution in [0.2, 0.25) is 0 Å². The van der Waals surface area contributed by atoms with Gasteiger partial charge in [-0.25, -0.2) is 0 Å². The zero-order valence-electron chi connectivity index (χ0n) is 16.5. The third-order valence-corrected chi connectivity index (χ3v) is 6.61. The van der Waals surface area contributed by atoms with Gasteiger partial charge in [0.1, 0.15) is 11.6 Å². The highest BCUT2D eigenvalue weighted by Gasteiger charge is 2.53. The molecular weight excluding hydrogens is 368 g/mol. The van der Waals surface area contributed by atoms with Crippen LogP contribution in [-0.2, 0) is 9.53 Å². The van der Waals surface area contributed by atoms with Crippen LogP contribution in [0.1, 0.15) is 35.2 Å². The van der Waals surface area contributed by atoms with Gasteiger partial charge in [-0.3, -0.25) is 14.5 Å². The zero-order chi connectivity index (χ0) is 20.0. The van der Waals surface area contributed by atoms with Crippen molar-refractivity contribution in [3.8, 4) is 6.07 Å². The summed E-state index contributed by atoms with van der Waals surface area (Å²) in [5.74, 6) is 0.833. The Hall–Kier alpha value is -2.43. The van der Waals surface area contributed by atoms with Crippen molar-refractivity contribution < 1.29 is 14.3 Å². The molecule has 5 rings (SSSR count). The summed E-state index contributed by atoms with van der Waals surface area (Å²) in [5.41, 5.74) is 0.654. The van der Waals surface area contributed by atoms with Crippen LogP contribution in [0.15, 0.2) is 24.3 Å². The van der Waals surface area contributed by atoms with E-state index >= 15 is 0 Å². The van der Waals surface area contributed by atoms with Crippen LogP contribution in [0, 0.1) is 17.2 Å². The summed E-state index contributed by atoms with van der Waals surface area (Å²) >= 11 is 0. The Bertz CT molecular complexity index is 865. The average molecular weight is 394 g/mol. The largest absolute Gasteiger partial charge is 0.368 e. The van der Waals surface area contributed by atoms with E-state index in [2.05, 4.69) is 11.0 Å². The molecule has 0 bridgehead atoms. The number of likely N-dealkylation sites (tertiary alicyclic amines) is 2. The van der Waals surface area contributed by atoms with E-state index in [9.17, 15) is 9.59 Å². The summed E-state index contributed by atoms with van der Waals surface area (Å²) in [6.07, 6.45) is 3.58. The van der Waals surface area contributed by atoms with Gasteiger partial charge < -0.3 is 14.5 Å². The first-order valence-electron chi connectivity index (χ1n) is 10.5. The number of rotatable bonds is 4. The van der Waals surface area contributed by atoms with Crippen molar-refractivity contribution in [2.45, 2.75) is 30.9 Å². The number of nitrogens with zero attached hydrogens (tertiary/aromatic N) is 4. The van der Waals surface area contributed by atoms with E-state index in [-0.39, 0.29) is 23.5 Å². The van der Waals surface area contributed by atoms with E-state index in [1.165, 1.54) is 12.8 Å². The van der Waals surface area contributed by atoms with Gasteiger partial charge in [0.15, 0.2) is 0 Å². The molecule has 0 N–H and O–H groups in total. The Morgan fingerprint density at radius 1 is 1.17 bits per heavy atom. The molecule has 4 aliphatic rings. The van der Waals surface area contributed by atoms with E-state index in [1.54, 1.807) is 29.2 Å². The maximum atomic E-state index is 12.8. The number of nitriles is 1. The molecule has 7 nitrogen and oxygen atoms in total. The van der Waals surface area contributed by atoms with E-state index < -0.39 is 0 Å². The summed E-state index contributed by atoms with van der Waals surface area (Å²) in [7, 11) is 0. The van der Waals surface area contributed by atoms with Crippen LogP contribution in [0.5, 0.6) is 0 Å². The topological polar surface area (TPSA) is 76.9 Å². The molecule has 29 heavy (non-hydrogen) atoms. The first-order chi connectivity index (χ1) is 14.1. The SMILES string of the molecule is N#Cc1cccc(C(=O)N2CC3(C2)CN(CC2CC2)[C@H](C(=O)N2CCC2)CO3)c1. The van der Waals surface area contributed by atoms with E-state index in [0.29, 0.717) is 43.3 Å². The van der Waals surface area contributed by atoms with Crippen LogP contribution in [0.3, 0.4) is 0 Å². The van der Waals surface area contributed by atoms with Crippen molar-refractivity contribution in [3.05, 3.63) is 35.4 Å². The molecule has 1 aromatic rings. The molecule has 0 radical (unpaired) electrons. The molecular formula is C22H26N4O3. The van der Waals surface area contributed by atoms with Gasteiger partial charge in [-0.15, -0.1) is 0 Å². The lowest BCUT2D eigenvalue weighted by Crippen LogP contribution is -2.74. The maximum absolute atomic E-state index is 12.8. The lowest BCUT2D eigenvalue weighted by Gasteiger charge is -2.56. The number of ether oxygens (including phenoxy) is 1. The molecule has 2 amide bonds. The summed E-state index contributed by atoms with van der Waals surface area (Å²) in [5, 5.41) is 9.06. The van der Waals surface area contributed by atoms with Crippen molar-refractivity contribution in [2.24, 2.45) is 5.92 Å². The first-order valence-corrected chi connectivity index (χ1v) is 10.5. The molecule has 152 valence electrons. The third-order valence-electron chi connectivity index (χ3n) is 6.61. The molecule has 1 aliphatic carbocycles. The lowest BCUT2D eigenvalue weighted by atomic mass is 9.89. The molecule has 3 saturated heterocycles. The smallest absolute Gasteiger partial charge is 0.254 e. The van der Waals surface area contributed by atoms with Crippen LogP contribution >= 0.6 is 0 Å². The van der Waals surface area contributed by atoms with Gasteiger partial charge in [-0.05, 0) is 43.4 Å². The predicted molar refractivity (Wildman–Crippen MR) is 105 cm³/mol. The lowest BCUT2D eigenvalue weighted by molar-refractivity contribution is -0.196. The van der Waals surface area contributed by atoms with Gasteiger partial charge in [-0.1, -0.05) is 6.07 Å². The molecule has 1 atom stereocenters. The van der Waals surface area contributed by atoms with Gasteiger partial charge in [-0.2, -0.15) is 5.26 Å². The van der Waals surface area contributed by atoms with Crippen molar-refractivity contribution in [3.63, 3.8) is 0 Å². The standard InChI is InChI=1S/C22H26N4O3/c23-10-17-3-1-4-18(9-17)20(27)26-14-22(15-26)13-25(11-16-5-6-16)19(12-29-22)21(28)24-7-2-8-24/h1,3-4,9,16,19H,2,5-8,11-15H2/t19-/m0/s1. The van der Waals surface area contributed by atoms with Crippen molar-refractivity contribution in [1.29, 1.82) is 5.26 Å². The summed E-state index contributed by atoms with van der Waals surface area (Å²) in [4.78, 5) is 31.7. The molecule has 1 spiro atoms. The number of hydrogen-bond donors (Lipinski definition) is 0. The second-order valence-electron chi connectivity index (χ2n) is 8.92. The minimum atomic E-state index is -0.372. The van der Waals surface area contributed by atoms with Gasteiger partial charge in [0.25, 0.3) is 5.91 Å². The number of hydrogen-bond acceptors (Lipinski definition) is 5. The monoisotopic (exact) mass is 394 g/mol. The highest BCUT2D eigenvalue weighted by Crippen LogP contribution is 2.36. The molecule has 7 heteroatoms. The Kier molecular flexibility index (Phi) is 4.56. The predicted octanol–water partition coefficient (Wildman–Crippen LogP) is 1.10. The highest BCUT2D eigenvalue weighted by molar-refractivity contribution is 5.95. The van der Waals surface area contributed by atoms with Crippen LogP contribution < -0.4 is 0 Å². The van der Waals surface area contributed by atoms with Gasteiger partial charge >= 0.3 is 0 Å². The van der Waals surface area contributed by atoms with Crippen LogP contribution in [-0.4, -0.2) is 84.0 Å². The Morgan fingerprint density at radius 3 is 2.62 bits per heavy atom. The average Bonchev–Trinajstić information content (AvgIpc) is 3.48.